The molecule has 0 heteroatoms. The van der Waals surface area contributed by atoms with Gasteiger partial charge < -0.3 is 0 Å². The summed E-state index contributed by atoms with van der Waals surface area (Å²) in [7, 11) is 0. The Labute approximate surface area is 145 Å². The van der Waals surface area contributed by atoms with E-state index in [1.807, 2.05) is 13.8 Å². The van der Waals surface area contributed by atoms with Crippen molar-refractivity contribution in [3.05, 3.63) is 71.3 Å². The van der Waals surface area contributed by atoms with Crippen molar-refractivity contribution < 1.29 is 0 Å². The van der Waals surface area contributed by atoms with E-state index in [9.17, 15) is 0 Å². The van der Waals surface area contributed by atoms with Crippen LogP contribution in [0.15, 0.2) is 54.6 Å². The molecule has 0 spiro atoms. The second-order valence-electron chi connectivity index (χ2n) is 7.73. The lowest BCUT2D eigenvalue weighted by molar-refractivity contribution is 0.590. The Morgan fingerprint density at radius 3 is 1.17 bits per heavy atom. The third kappa shape index (κ3) is 8.59. The molecule has 0 heterocycles. The molecule has 0 saturated heterocycles. The molecule has 23 heavy (non-hydrogen) atoms. The summed E-state index contributed by atoms with van der Waals surface area (Å²) in [6.07, 6.45) is 0. The fraction of sp³-hybridized carbons (Fsp3) is 0.478. The lowest BCUT2D eigenvalue weighted by Gasteiger charge is -2.18. The predicted octanol–water partition coefficient (Wildman–Crippen LogP) is 7.30. The number of rotatable bonds is 0. The molecule has 0 amide bonds. The summed E-state index contributed by atoms with van der Waals surface area (Å²) in [5, 5.41) is 0. The largest absolute Gasteiger partial charge is 0.0683 e. The van der Waals surface area contributed by atoms with Gasteiger partial charge in [0, 0.05) is 0 Å². The first-order valence-electron chi connectivity index (χ1n) is 8.73. The van der Waals surface area contributed by atoms with E-state index in [-0.39, 0.29) is 5.41 Å². The molecule has 0 atom stereocenters. The molecule has 0 radical (unpaired) electrons. The highest BCUT2D eigenvalue weighted by atomic mass is 14.2. The van der Waals surface area contributed by atoms with E-state index in [4.69, 9.17) is 0 Å². The lowest BCUT2D eigenvalue weighted by Crippen LogP contribution is -2.10. The summed E-state index contributed by atoms with van der Waals surface area (Å²) in [4.78, 5) is 0. The molecule has 0 aromatic heterocycles. The minimum Gasteiger partial charge on any atom is -0.0683 e. The van der Waals surface area contributed by atoms with Gasteiger partial charge in [-0.2, -0.15) is 0 Å². The minimum absolute atomic E-state index is 0.285. The van der Waals surface area contributed by atoms with Gasteiger partial charge in [-0.15, -0.1) is 0 Å². The minimum atomic E-state index is 0.285. The summed E-state index contributed by atoms with van der Waals surface area (Å²) in [6, 6.07) is 19.3. The highest BCUT2D eigenvalue weighted by Crippen LogP contribution is 2.22. The van der Waals surface area contributed by atoms with E-state index in [1.165, 1.54) is 16.7 Å². The van der Waals surface area contributed by atoms with Crippen LogP contribution in [0.3, 0.4) is 0 Å². The monoisotopic (exact) mass is 312 g/mol. The van der Waals surface area contributed by atoms with Crippen molar-refractivity contribution in [1.82, 2.24) is 0 Å². The molecule has 0 bridgehead atoms. The fourth-order valence-electron chi connectivity index (χ4n) is 1.99. The average Bonchev–Trinajstić information content (AvgIpc) is 2.49. The van der Waals surface area contributed by atoms with E-state index < -0.39 is 0 Å². The third-order valence-corrected chi connectivity index (χ3v) is 3.56. The first-order valence-corrected chi connectivity index (χ1v) is 8.73. The maximum atomic E-state index is 2.23. The SMILES string of the molecule is CC.CC(C)(C)c1ccccc1.Cc1ccc(C(C)(C)C)cc1. The molecule has 0 aliphatic heterocycles. The fourth-order valence-corrected chi connectivity index (χ4v) is 1.99. The first kappa shape index (κ1) is 21.4. The molecule has 2 aromatic carbocycles. The number of aryl methyl sites for hydroxylation is 1. The normalized spacial score (nSPS) is 10.8. The lowest BCUT2D eigenvalue weighted by atomic mass is 9.87. The molecule has 2 aromatic rings. The van der Waals surface area contributed by atoms with Crippen LogP contribution in [0.5, 0.6) is 0 Å². The van der Waals surface area contributed by atoms with Crippen LogP contribution in [0.1, 0.15) is 72.1 Å². The molecule has 0 aliphatic rings. The standard InChI is InChI=1S/C11H16.C10H14.C2H6/c1-9-5-7-10(8-6-9)11(2,3)4;1-10(2,3)9-7-5-4-6-8-9;1-2/h5-8H,1-4H3;4-8H,1-3H3;1-2H3. The highest BCUT2D eigenvalue weighted by molar-refractivity contribution is 5.26. The quantitative estimate of drug-likeness (QED) is 0.478. The summed E-state index contributed by atoms with van der Waals surface area (Å²) in [5.41, 5.74) is 4.71. The van der Waals surface area contributed by atoms with E-state index in [0.29, 0.717) is 5.41 Å². The van der Waals surface area contributed by atoms with Crippen molar-refractivity contribution in [3.8, 4) is 0 Å². The van der Waals surface area contributed by atoms with Crippen LogP contribution >= 0.6 is 0 Å². The molecule has 0 aliphatic carbocycles. The van der Waals surface area contributed by atoms with Gasteiger partial charge in [-0.25, -0.2) is 0 Å². The number of hydrogen-bond donors (Lipinski definition) is 0. The zero-order valence-corrected chi connectivity index (χ0v) is 16.7. The van der Waals surface area contributed by atoms with E-state index in [2.05, 4.69) is 103 Å². The third-order valence-electron chi connectivity index (χ3n) is 3.56. The van der Waals surface area contributed by atoms with Crippen LogP contribution in [-0.2, 0) is 10.8 Å². The summed E-state index contributed by atoms with van der Waals surface area (Å²) in [6.45, 7) is 19.5. The number of benzene rings is 2. The van der Waals surface area contributed by atoms with Gasteiger partial charge in [0.15, 0.2) is 0 Å². The van der Waals surface area contributed by atoms with Crippen molar-refractivity contribution in [3.63, 3.8) is 0 Å². The smallest absolute Gasteiger partial charge is 0.0132 e. The highest BCUT2D eigenvalue weighted by Gasteiger charge is 2.12. The van der Waals surface area contributed by atoms with Gasteiger partial charge in [-0.05, 0) is 28.9 Å². The average molecular weight is 313 g/mol. The van der Waals surface area contributed by atoms with Crippen LogP contribution < -0.4 is 0 Å². The molecule has 128 valence electrons. The molecule has 0 N–H and O–H groups in total. The topological polar surface area (TPSA) is 0 Å². The molecule has 2 rings (SSSR count). The van der Waals surface area contributed by atoms with Crippen LogP contribution in [0, 0.1) is 6.92 Å². The van der Waals surface area contributed by atoms with Gasteiger partial charge in [0.1, 0.15) is 0 Å². The van der Waals surface area contributed by atoms with Crippen LogP contribution in [-0.4, -0.2) is 0 Å². The van der Waals surface area contributed by atoms with Crippen molar-refractivity contribution in [2.75, 3.05) is 0 Å². The summed E-state index contributed by atoms with van der Waals surface area (Å²) >= 11 is 0. The van der Waals surface area contributed by atoms with Crippen molar-refractivity contribution in [2.24, 2.45) is 0 Å². The van der Waals surface area contributed by atoms with Crippen LogP contribution in [0.4, 0.5) is 0 Å². The Kier molecular flexibility index (Phi) is 8.90. The van der Waals surface area contributed by atoms with Gasteiger partial charge in [0.2, 0.25) is 0 Å². The molecular formula is C23H36. The maximum Gasteiger partial charge on any atom is -0.0132 e. The van der Waals surface area contributed by atoms with Gasteiger partial charge in [-0.3, -0.25) is 0 Å². The summed E-state index contributed by atoms with van der Waals surface area (Å²) < 4.78 is 0. The van der Waals surface area contributed by atoms with Crippen LogP contribution in [0.2, 0.25) is 0 Å². The molecular weight excluding hydrogens is 276 g/mol. The van der Waals surface area contributed by atoms with E-state index in [0.717, 1.165) is 0 Å². The second-order valence-corrected chi connectivity index (χ2v) is 7.73. The van der Waals surface area contributed by atoms with Crippen LogP contribution in [0.25, 0.3) is 0 Å². The molecule has 0 nitrogen and oxygen atoms in total. The van der Waals surface area contributed by atoms with Crippen molar-refractivity contribution in [2.45, 2.75) is 73.1 Å². The van der Waals surface area contributed by atoms with Crippen molar-refractivity contribution >= 4 is 0 Å². The van der Waals surface area contributed by atoms with Gasteiger partial charge in [-0.1, -0.05) is 116 Å². The first-order chi connectivity index (χ1) is 10.6. The zero-order valence-electron chi connectivity index (χ0n) is 16.7. The predicted molar refractivity (Wildman–Crippen MR) is 106 cm³/mol. The molecule has 0 saturated carbocycles. The second kappa shape index (κ2) is 9.55. The summed E-state index contributed by atoms with van der Waals surface area (Å²) in [5.74, 6) is 0. The number of hydrogen-bond acceptors (Lipinski definition) is 0. The zero-order chi connectivity index (χ0) is 18.1. The Morgan fingerprint density at radius 1 is 0.522 bits per heavy atom. The Balaban J connectivity index is 0.000000381. The Morgan fingerprint density at radius 2 is 0.870 bits per heavy atom. The van der Waals surface area contributed by atoms with E-state index in [1.54, 1.807) is 0 Å². The van der Waals surface area contributed by atoms with E-state index >= 15 is 0 Å². The van der Waals surface area contributed by atoms with Gasteiger partial charge >= 0.3 is 0 Å². The van der Waals surface area contributed by atoms with Gasteiger partial charge in [0.05, 0.1) is 0 Å². The molecule has 0 fully saturated rings. The Bertz CT molecular complexity index is 519. The maximum absolute atomic E-state index is 2.23. The Hall–Kier alpha value is -1.56. The molecule has 0 unspecified atom stereocenters. The van der Waals surface area contributed by atoms with Gasteiger partial charge in [0.25, 0.3) is 0 Å². The van der Waals surface area contributed by atoms with Crippen molar-refractivity contribution in [1.29, 1.82) is 0 Å².